The third kappa shape index (κ3) is 3.51. The fraction of sp³-hybridized carbons (Fsp3) is 0.900. The second-order valence-electron chi connectivity index (χ2n) is 4.05. The SMILES string of the molecule is COC(=O)C1(NCC(F)(F)F)CCCSC1C. The Morgan fingerprint density at radius 3 is 2.71 bits per heavy atom. The maximum atomic E-state index is 12.3. The van der Waals surface area contributed by atoms with Gasteiger partial charge in [-0.3, -0.25) is 10.1 Å². The van der Waals surface area contributed by atoms with Crippen molar-refractivity contribution in [1.29, 1.82) is 0 Å². The Balaban J connectivity index is 2.82. The molecule has 1 aliphatic rings. The predicted molar refractivity (Wildman–Crippen MR) is 60.0 cm³/mol. The Labute approximate surface area is 102 Å². The molecule has 0 saturated carbocycles. The zero-order chi connectivity index (χ0) is 13.1. The Bertz CT molecular complexity index is 285. The fourth-order valence-corrected chi connectivity index (χ4v) is 3.22. The van der Waals surface area contributed by atoms with Crippen LogP contribution in [0.25, 0.3) is 0 Å². The Hall–Kier alpha value is -0.430. The number of halogens is 3. The van der Waals surface area contributed by atoms with E-state index in [-0.39, 0.29) is 5.25 Å². The van der Waals surface area contributed by atoms with E-state index in [0.717, 1.165) is 5.75 Å². The summed E-state index contributed by atoms with van der Waals surface area (Å²) in [6, 6.07) is 0. The molecule has 2 unspecified atom stereocenters. The Morgan fingerprint density at radius 1 is 1.59 bits per heavy atom. The minimum Gasteiger partial charge on any atom is -0.468 e. The monoisotopic (exact) mass is 271 g/mol. The number of nitrogens with one attached hydrogen (secondary N) is 1. The lowest BCUT2D eigenvalue weighted by molar-refractivity contribution is -0.154. The van der Waals surface area contributed by atoms with Gasteiger partial charge in [0.2, 0.25) is 0 Å². The quantitative estimate of drug-likeness (QED) is 0.796. The van der Waals surface area contributed by atoms with Gasteiger partial charge in [0, 0.05) is 5.25 Å². The Morgan fingerprint density at radius 2 is 2.24 bits per heavy atom. The summed E-state index contributed by atoms with van der Waals surface area (Å²) < 4.78 is 41.4. The molecular formula is C10H16F3NO2S. The highest BCUT2D eigenvalue weighted by Gasteiger charge is 2.48. The number of rotatable bonds is 3. The van der Waals surface area contributed by atoms with Crippen LogP contribution < -0.4 is 5.32 Å². The minimum absolute atomic E-state index is 0.231. The summed E-state index contributed by atoms with van der Waals surface area (Å²) in [6.07, 6.45) is -3.25. The van der Waals surface area contributed by atoms with Gasteiger partial charge in [0.1, 0.15) is 5.54 Å². The number of ether oxygens (including phenoxy) is 1. The summed E-state index contributed by atoms with van der Waals surface area (Å²) in [6.45, 7) is 0.580. The van der Waals surface area contributed by atoms with Crippen LogP contribution in [0, 0.1) is 0 Å². The minimum atomic E-state index is -4.33. The summed E-state index contributed by atoms with van der Waals surface area (Å²) >= 11 is 1.49. The molecule has 0 aliphatic carbocycles. The van der Waals surface area contributed by atoms with Gasteiger partial charge in [-0.2, -0.15) is 24.9 Å². The van der Waals surface area contributed by atoms with Crippen molar-refractivity contribution in [3.8, 4) is 0 Å². The molecule has 2 atom stereocenters. The third-order valence-electron chi connectivity index (χ3n) is 2.93. The van der Waals surface area contributed by atoms with E-state index in [1.807, 2.05) is 0 Å². The summed E-state index contributed by atoms with van der Waals surface area (Å²) in [5.41, 5.74) is -1.22. The molecule has 1 aliphatic heterocycles. The molecule has 3 nitrogen and oxygen atoms in total. The van der Waals surface area contributed by atoms with Crippen molar-refractivity contribution in [3.63, 3.8) is 0 Å². The maximum absolute atomic E-state index is 12.3. The van der Waals surface area contributed by atoms with Crippen molar-refractivity contribution in [2.24, 2.45) is 0 Å². The first-order valence-electron chi connectivity index (χ1n) is 5.33. The van der Waals surface area contributed by atoms with Crippen molar-refractivity contribution < 1.29 is 22.7 Å². The van der Waals surface area contributed by atoms with Crippen LogP contribution in [0.5, 0.6) is 0 Å². The van der Waals surface area contributed by atoms with E-state index in [1.165, 1.54) is 18.9 Å². The highest BCUT2D eigenvalue weighted by molar-refractivity contribution is 8.00. The molecule has 7 heteroatoms. The van der Waals surface area contributed by atoms with Crippen LogP contribution in [-0.4, -0.2) is 42.3 Å². The second-order valence-corrected chi connectivity index (χ2v) is 5.50. The zero-order valence-corrected chi connectivity index (χ0v) is 10.6. The van der Waals surface area contributed by atoms with Crippen LogP contribution in [0.4, 0.5) is 13.2 Å². The van der Waals surface area contributed by atoms with Crippen molar-refractivity contribution in [1.82, 2.24) is 5.32 Å². The molecule has 1 heterocycles. The van der Waals surface area contributed by atoms with Crippen LogP contribution in [-0.2, 0) is 9.53 Å². The second kappa shape index (κ2) is 5.48. The number of alkyl halides is 3. The summed E-state index contributed by atoms with van der Waals surface area (Å²) in [5.74, 6) is 0.245. The predicted octanol–water partition coefficient (Wildman–Crippen LogP) is 1.97. The van der Waals surface area contributed by atoms with E-state index in [2.05, 4.69) is 10.1 Å². The maximum Gasteiger partial charge on any atom is 0.401 e. The number of thioether (sulfide) groups is 1. The lowest BCUT2D eigenvalue weighted by Gasteiger charge is -2.40. The van der Waals surface area contributed by atoms with Gasteiger partial charge in [0.05, 0.1) is 13.7 Å². The van der Waals surface area contributed by atoms with Crippen molar-refractivity contribution in [3.05, 3.63) is 0 Å². The van der Waals surface area contributed by atoms with Crippen LogP contribution in [0.15, 0.2) is 0 Å². The highest BCUT2D eigenvalue weighted by atomic mass is 32.2. The van der Waals surface area contributed by atoms with Crippen molar-refractivity contribution in [2.45, 2.75) is 36.7 Å². The standard InChI is InChI=1S/C10H16F3NO2S/c1-7-9(8(15)16-2,4-3-5-17-7)14-6-10(11,12)13/h7,14H,3-6H2,1-2H3. The van der Waals surface area contributed by atoms with Crippen molar-refractivity contribution >= 4 is 17.7 Å². The average molecular weight is 271 g/mol. The van der Waals surface area contributed by atoms with Gasteiger partial charge in [0.15, 0.2) is 0 Å². The zero-order valence-electron chi connectivity index (χ0n) is 9.76. The van der Waals surface area contributed by atoms with E-state index in [9.17, 15) is 18.0 Å². The normalized spacial score (nSPS) is 30.1. The van der Waals surface area contributed by atoms with Gasteiger partial charge >= 0.3 is 12.1 Å². The van der Waals surface area contributed by atoms with E-state index in [4.69, 9.17) is 0 Å². The van der Waals surface area contributed by atoms with Crippen LogP contribution >= 0.6 is 11.8 Å². The number of esters is 1. The van der Waals surface area contributed by atoms with Crippen LogP contribution in [0.1, 0.15) is 19.8 Å². The number of carbonyl (C=O) groups excluding carboxylic acids is 1. The number of hydrogen-bond acceptors (Lipinski definition) is 4. The van der Waals surface area contributed by atoms with E-state index in [1.54, 1.807) is 6.92 Å². The van der Waals surface area contributed by atoms with Gasteiger partial charge < -0.3 is 4.74 Å². The lowest BCUT2D eigenvalue weighted by atomic mass is 9.89. The molecule has 0 amide bonds. The largest absolute Gasteiger partial charge is 0.468 e. The number of carbonyl (C=O) groups is 1. The first-order chi connectivity index (χ1) is 7.82. The summed E-state index contributed by atoms with van der Waals surface area (Å²) in [5, 5.41) is 2.12. The van der Waals surface area contributed by atoms with Crippen molar-refractivity contribution in [2.75, 3.05) is 19.4 Å². The first-order valence-corrected chi connectivity index (χ1v) is 6.38. The van der Waals surface area contributed by atoms with Gasteiger partial charge in [-0.1, -0.05) is 6.92 Å². The van der Waals surface area contributed by atoms with E-state index < -0.39 is 24.2 Å². The summed E-state index contributed by atoms with van der Waals surface area (Å²) in [4.78, 5) is 11.8. The third-order valence-corrected chi connectivity index (χ3v) is 4.36. The van der Waals surface area contributed by atoms with Gasteiger partial charge in [-0.25, -0.2) is 0 Å². The molecule has 1 rings (SSSR count). The average Bonchev–Trinajstić information content (AvgIpc) is 2.26. The molecule has 0 aromatic rings. The van der Waals surface area contributed by atoms with Crippen LogP contribution in [0.2, 0.25) is 0 Å². The highest BCUT2D eigenvalue weighted by Crippen LogP contribution is 2.35. The molecule has 0 aromatic heterocycles. The molecule has 1 N–H and O–H groups in total. The van der Waals surface area contributed by atoms with Gasteiger partial charge in [-0.15, -0.1) is 0 Å². The lowest BCUT2D eigenvalue weighted by Crippen LogP contribution is -2.62. The molecular weight excluding hydrogens is 255 g/mol. The smallest absolute Gasteiger partial charge is 0.401 e. The molecule has 100 valence electrons. The molecule has 0 spiro atoms. The van der Waals surface area contributed by atoms with E-state index >= 15 is 0 Å². The molecule has 17 heavy (non-hydrogen) atoms. The van der Waals surface area contributed by atoms with Crippen LogP contribution in [0.3, 0.4) is 0 Å². The fourth-order valence-electron chi connectivity index (χ4n) is 1.97. The molecule has 0 radical (unpaired) electrons. The summed E-state index contributed by atoms with van der Waals surface area (Å²) in [7, 11) is 1.20. The topological polar surface area (TPSA) is 38.3 Å². The Kier molecular flexibility index (Phi) is 4.71. The van der Waals surface area contributed by atoms with E-state index in [0.29, 0.717) is 12.8 Å². The molecule has 0 bridgehead atoms. The molecule has 1 fully saturated rings. The molecule has 1 saturated heterocycles. The van der Waals surface area contributed by atoms with Gasteiger partial charge in [-0.05, 0) is 18.6 Å². The molecule has 0 aromatic carbocycles. The number of hydrogen-bond donors (Lipinski definition) is 1. The van der Waals surface area contributed by atoms with Gasteiger partial charge in [0.25, 0.3) is 0 Å². The number of methoxy groups -OCH3 is 1. The first kappa shape index (κ1) is 14.6.